The van der Waals surface area contributed by atoms with E-state index in [1.807, 2.05) is 0 Å². The van der Waals surface area contributed by atoms with Crippen molar-refractivity contribution in [1.29, 1.82) is 0 Å². The second kappa shape index (κ2) is 7.22. The zero-order valence-corrected chi connectivity index (χ0v) is 15.4. The molecule has 1 saturated heterocycles. The van der Waals surface area contributed by atoms with Gasteiger partial charge in [-0.25, -0.2) is 4.79 Å². The monoisotopic (exact) mass is 380 g/mol. The van der Waals surface area contributed by atoms with E-state index in [4.69, 9.17) is 4.74 Å². The van der Waals surface area contributed by atoms with Crippen LogP contribution in [0.25, 0.3) is 11.0 Å². The standard InChI is InChI=1S/C20H20N4O4/c1-28-15-5-2-13(3-6-15)18(25)23-8-10-24(11-9-23)19(26)14-4-7-16-17(12-14)22-20(27)21-16/h2-7,12H,8-11H2,1H3,(H2,21,22,27). The number of nitrogens with one attached hydrogen (secondary N) is 2. The Labute approximate surface area is 160 Å². The summed E-state index contributed by atoms with van der Waals surface area (Å²) in [5.41, 5.74) is 2.08. The lowest BCUT2D eigenvalue weighted by Crippen LogP contribution is -2.50. The Morgan fingerprint density at radius 1 is 0.821 bits per heavy atom. The second-order valence-corrected chi connectivity index (χ2v) is 6.65. The first-order valence-corrected chi connectivity index (χ1v) is 9.00. The van der Waals surface area contributed by atoms with Crippen molar-refractivity contribution in [3.05, 3.63) is 64.1 Å². The van der Waals surface area contributed by atoms with Gasteiger partial charge in [0.25, 0.3) is 11.8 Å². The number of hydrogen-bond donors (Lipinski definition) is 2. The number of aromatic nitrogens is 2. The van der Waals surface area contributed by atoms with E-state index >= 15 is 0 Å². The van der Waals surface area contributed by atoms with Crippen LogP contribution in [0.4, 0.5) is 0 Å². The van der Waals surface area contributed by atoms with E-state index in [1.165, 1.54) is 0 Å². The summed E-state index contributed by atoms with van der Waals surface area (Å²) in [5.74, 6) is 0.536. The van der Waals surface area contributed by atoms with Gasteiger partial charge in [0.2, 0.25) is 0 Å². The number of H-pyrrole nitrogens is 2. The van der Waals surface area contributed by atoms with Crippen molar-refractivity contribution in [3.8, 4) is 5.75 Å². The molecule has 0 radical (unpaired) electrons. The normalized spacial score (nSPS) is 14.3. The topological polar surface area (TPSA) is 98.5 Å². The van der Waals surface area contributed by atoms with Crippen LogP contribution in [-0.4, -0.2) is 64.9 Å². The maximum Gasteiger partial charge on any atom is 0.323 e. The molecular formula is C20H20N4O4. The minimum atomic E-state index is -0.301. The summed E-state index contributed by atoms with van der Waals surface area (Å²) in [4.78, 5) is 45.6. The van der Waals surface area contributed by atoms with Gasteiger partial charge in [0.05, 0.1) is 18.1 Å². The lowest BCUT2D eigenvalue weighted by Gasteiger charge is -2.35. The van der Waals surface area contributed by atoms with E-state index in [1.54, 1.807) is 59.4 Å². The van der Waals surface area contributed by atoms with E-state index in [9.17, 15) is 14.4 Å². The second-order valence-electron chi connectivity index (χ2n) is 6.65. The Kier molecular flexibility index (Phi) is 4.60. The molecule has 1 aromatic heterocycles. The number of hydrogen-bond acceptors (Lipinski definition) is 4. The van der Waals surface area contributed by atoms with Crippen molar-refractivity contribution in [2.24, 2.45) is 0 Å². The number of imidazole rings is 1. The lowest BCUT2D eigenvalue weighted by atomic mass is 10.1. The molecule has 2 heterocycles. The maximum absolute atomic E-state index is 12.8. The summed E-state index contributed by atoms with van der Waals surface area (Å²) in [6, 6.07) is 12.1. The number of piperazine rings is 1. The minimum absolute atomic E-state index is 0.0546. The zero-order chi connectivity index (χ0) is 19.7. The Morgan fingerprint density at radius 3 is 1.96 bits per heavy atom. The van der Waals surface area contributed by atoms with Crippen LogP contribution < -0.4 is 10.4 Å². The quantitative estimate of drug-likeness (QED) is 0.719. The number of amides is 2. The van der Waals surface area contributed by atoms with Gasteiger partial charge in [-0.05, 0) is 42.5 Å². The summed E-state index contributed by atoms with van der Waals surface area (Å²) in [6.45, 7) is 1.87. The molecule has 1 aliphatic rings. The molecule has 144 valence electrons. The van der Waals surface area contributed by atoms with Crippen molar-refractivity contribution in [2.45, 2.75) is 0 Å². The molecule has 2 N–H and O–H groups in total. The van der Waals surface area contributed by atoms with Gasteiger partial charge in [0.15, 0.2) is 0 Å². The van der Waals surface area contributed by atoms with Crippen LogP contribution in [0.1, 0.15) is 20.7 Å². The van der Waals surface area contributed by atoms with Gasteiger partial charge in [0, 0.05) is 37.3 Å². The fourth-order valence-corrected chi connectivity index (χ4v) is 3.38. The molecule has 0 aliphatic carbocycles. The highest BCUT2D eigenvalue weighted by Crippen LogP contribution is 2.16. The number of nitrogens with zero attached hydrogens (tertiary/aromatic N) is 2. The first-order valence-electron chi connectivity index (χ1n) is 9.00. The molecule has 1 aliphatic heterocycles. The largest absolute Gasteiger partial charge is 0.497 e. The summed E-state index contributed by atoms with van der Waals surface area (Å²) in [7, 11) is 1.58. The van der Waals surface area contributed by atoms with Crippen LogP contribution in [0, 0.1) is 0 Å². The third kappa shape index (κ3) is 3.36. The molecule has 3 aromatic rings. The molecule has 2 aromatic carbocycles. The van der Waals surface area contributed by atoms with Gasteiger partial charge < -0.3 is 24.5 Å². The number of fused-ring (bicyclic) bond motifs is 1. The summed E-state index contributed by atoms with van der Waals surface area (Å²) in [5, 5.41) is 0. The van der Waals surface area contributed by atoms with Gasteiger partial charge in [-0.1, -0.05) is 0 Å². The highest BCUT2D eigenvalue weighted by molar-refractivity contribution is 5.98. The number of carbonyl (C=O) groups excluding carboxylic acids is 2. The molecule has 28 heavy (non-hydrogen) atoms. The summed E-state index contributed by atoms with van der Waals surface area (Å²) in [6.07, 6.45) is 0. The van der Waals surface area contributed by atoms with Gasteiger partial charge in [-0.15, -0.1) is 0 Å². The smallest absolute Gasteiger partial charge is 0.323 e. The van der Waals surface area contributed by atoms with Gasteiger partial charge >= 0.3 is 5.69 Å². The Morgan fingerprint density at radius 2 is 1.36 bits per heavy atom. The average Bonchev–Trinajstić information content (AvgIpc) is 3.12. The van der Waals surface area contributed by atoms with Gasteiger partial charge in [-0.3, -0.25) is 9.59 Å². The number of aromatic amines is 2. The van der Waals surface area contributed by atoms with E-state index in [0.717, 1.165) is 0 Å². The van der Waals surface area contributed by atoms with Crippen molar-refractivity contribution in [2.75, 3.05) is 33.3 Å². The first-order chi connectivity index (χ1) is 13.5. The predicted molar refractivity (Wildman–Crippen MR) is 104 cm³/mol. The SMILES string of the molecule is COc1ccc(C(=O)N2CCN(C(=O)c3ccc4[nH]c(=O)[nH]c4c3)CC2)cc1. The number of benzene rings is 2. The van der Waals surface area contributed by atoms with E-state index in [-0.39, 0.29) is 17.5 Å². The third-order valence-corrected chi connectivity index (χ3v) is 4.95. The molecule has 4 rings (SSSR count). The molecular weight excluding hydrogens is 360 g/mol. The van der Waals surface area contributed by atoms with Gasteiger partial charge in [0.1, 0.15) is 5.75 Å². The highest BCUT2D eigenvalue weighted by atomic mass is 16.5. The Bertz CT molecular complexity index is 1080. The first kappa shape index (κ1) is 17.8. The molecule has 0 saturated carbocycles. The van der Waals surface area contributed by atoms with Crippen LogP contribution in [0.5, 0.6) is 5.75 Å². The fourth-order valence-electron chi connectivity index (χ4n) is 3.38. The lowest BCUT2D eigenvalue weighted by molar-refractivity contribution is 0.0535. The van der Waals surface area contributed by atoms with E-state index in [2.05, 4.69) is 9.97 Å². The van der Waals surface area contributed by atoms with Crippen LogP contribution in [0.3, 0.4) is 0 Å². The maximum atomic E-state index is 12.8. The van der Waals surface area contributed by atoms with Crippen molar-refractivity contribution in [3.63, 3.8) is 0 Å². The molecule has 0 unspecified atom stereocenters. The van der Waals surface area contributed by atoms with Crippen molar-refractivity contribution in [1.82, 2.24) is 19.8 Å². The number of methoxy groups -OCH3 is 1. The van der Waals surface area contributed by atoms with Crippen molar-refractivity contribution >= 4 is 22.8 Å². The molecule has 1 fully saturated rings. The number of rotatable bonds is 3. The third-order valence-electron chi connectivity index (χ3n) is 4.95. The average molecular weight is 380 g/mol. The fraction of sp³-hybridized carbons (Fsp3) is 0.250. The number of ether oxygens (including phenoxy) is 1. The Hall–Kier alpha value is -3.55. The highest BCUT2D eigenvalue weighted by Gasteiger charge is 2.25. The predicted octanol–water partition coefficient (Wildman–Crippen LogP) is 1.46. The zero-order valence-electron chi connectivity index (χ0n) is 15.4. The summed E-state index contributed by atoms with van der Waals surface area (Å²) < 4.78 is 5.11. The van der Waals surface area contributed by atoms with Crippen molar-refractivity contribution < 1.29 is 14.3 Å². The molecule has 0 bridgehead atoms. The van der Waals surface area contributed by atoms with Crippen LogP contribution in [0.15, 0.2) is 47.3 Å². The molecule has 8 nitrogen and oxygen atoms in total. The van der Waals surface area contributed by atoms with Crippen LogP contribution in [-0.2, 0) is 0 Å². The van der Waals surface area contributed by atoms with Crippen LogP contribution in [0.2, 0.25) is 0 Å². The van der Waals surface area contributed by atoms with Crippen LogP contribution >= 0.6 is 0 Å². The number of carbonyl (C=O) groups is 2. The Balaban J connectivity index is 1.41. The van der Waals surface area contributed by atoms with E-state index in [0.29, 0.717) is 54.1 Å². The molecule has 2 amide bonds. The molecule has 0 spiro atoms. The summed E-state index contributed by atoms with van der Waals surface area (Å²) >= 11 is 0. The van der Waals surface area contributed by atoms with E-state index < -0.39 is 0 Å². The molecule has 0 atom stereocenters. The molecule has 8 heteroatoms. The minimum Gasteiger partial charge on any atom is -0.497 e. The van der Waals surface area contributed by atoms with Gasteiger partial charge in [-0.2, -0.15) is 0 Å².